The Kier molecular flexibility index (Phi) is 11.9. The summed E-state index contributed by atoms with van der Waals surface area (Å²) in [4.78, 5) is 0. The minimum absolute atomic E-state index is 0.239. The van der Waals surface area contributed by atoms with Gasteiger partial charge in [0.05, 0.1) is 0 Å². The second kappa shape index (κ2) is 14.3. The number of hydrogen-bond acceptors (Lipinski definition) is 0. The van der Waals surface area contributed by atoms with E-state index in [9.17, 15) is 0 Å². The van der Waals surface area contributed by atoms with Crippen molar-refractivity contribution < 1.29 is 0 Å². The first kappa shape index (κ1) is 22.5. The summed E-state index contributed by atoms with van der Waals surface area (Å²) in [6.07, 6.45) is 16.2. The molecule has 0 aliphatic heterocycles. The van der Waals surface area contributed by atoms with Gasteiger partial charge in [-0.15, -0.1) is 0 Å². The van der Waals surface area contributed by atoms with Crippen LogP contribution in [0.15, 0.2) is 48.5 Å². The summed E-state index contributed by atoms with van der Waals surface area (Å²) >= 11 is -0.239. The monoisotopic (exact) mass is 480 g/mol. The second-order valence-electron chi connectivity index (χ2n) is 7.72. The molecular weight excluding hydrogens is 440 g/mol. The molecule has 0 aliphatic rings. The van der Waals surface area contributed by atoms with E-state index in [-0.39, 0.29) is 20.9 Å². The van der Waals surface area contributed by atoms with Crippen LogP contribution in [0.25, 0.3) is 0 Å². The number of rotatable bonds is 14. The van der Waals surface area contributed by atoms with Crippen molar-refractivity contribution in [1.29, 1.82) is 0 Å². The molecule has 0 N–H and O–H groups in total. The van der Waals surface area contributed by atoms with E-state index in [2.05, 4.69) is 62.4 Å². The zero-order valence-corrected chi connectivity index (χ0v) is 19.8. The number of hydrogen-bond donors (Lipinski definition) is 0. The van der Waals surface area contributed by atoms with Gasteiger partial charge in [-0.25, -0.2) is 0 Å². The third kappa shape index (κ3) is 9.82. The zero-order valence-electron chi connectivity index (χ0n) is 17.5. The van der Waals surface area contributed by atoms with E-state index in [1.54, 1.807) is 7.22 Å². The molecule has 0 spiro atoms. The van der Waals surface area contributed by atoms with Crippen molar-refractivity contribution in [2.45, 2.75) is 90.9 Å². The molecule has 0 bridgehead atoms. The average molecular weight is 478 g/mol. The summed E-state index contributed by atoms with van der Waals surface area (Å²) in [6.45, 7) is 4.56. The van der Waals surface area contributed by atoms with Crippen LogP contribution in [0, 0.1) is 0 Å². The molecule has 2 rings (SSSR count). The molecule has 0 aliphatic carbocycles. The van der Waals surface area contributed by atoms with Gasteiger partial charge in [0, 0.05) is 0 Å². The molecule has 0 amide bonds. The molecule has 0 unspecified atom stereocenters. The fourth-order valence-corrected chi connectivity index (χ4v) is 5.78. The Morgan fingerprint density at radius 2 is 0.852 bits per heavy atom. The van der Waals surface area contributed by atoms with Gasteiger partial charge in [0.2, 0.25) is 0 Å². The third-order valence-corrected chi connectivity index (χ3v) is 8.12. The van der Waals surface area contributed by atoms with Crippen LogP contribution in [-0.4, -0.2) is 20.9 Å². The molecule has 148 valence electrons. The second-order valence-corrected chi connectivity index (χ2v) is 11.0. The van der Waals surface area contributed by atoms with Crippen molar-refractivity contribution in [3.63, 3.8) is 0 Å². The van der Waals surface area contributed by atoms with Gasteiger partial charge >= 0.3 is 179 Å². The predicted octanol–water partition coefficient (Wildman–Crippen LogP) is 6.37. The summed E-state index contributed by atoms with van der Waals surface area (Å²) in [5.41, 5.74) is 3.03. The Balaban J connectivity index is 1.71. The van der Waals surface area contributed by atoms with Crippen LogP contribution in [0.1, 0.15) is 89.2 Å². The topological polar surface area (TPSA) is 0 Å². The molecule has 0 saturated carbocycles. The van der Waals surface area contributed by atoms with Crippen molar-refractivity contribution in [3.8, 4) is 0 Å². The molecule has 0 heterocycles. The van der Waals surface area contributed by atoms with E-state index in [4.69, 9.17) is 0 Å². The quantitative estimate of drug-likeness (QED) is 0.219. The summed E-state index contributed by atoms with van der Waals surface area (Å²) < 4.78 is 3.12. The Hall–Kier alpha value is -0.770. The molecule has 0 saturated heterocycles. The van der Waals surface area contributed by atoms with E-state index in [1.165, 1.54) is 88.2 Å². The molecule has 27 heavy (non-hydrogen) atoms. The first-order valence-corrected chi connectivity index (χ1v) is 13.5. The van der Waals surface area contributed by atoms with Crippen LogP contribution >= 0.6 is 0 Å². The van der Waals surface area contributed by atoms with Crippen LogP contribution in [0.5, 0.6) is 0 Å². The van der Waals surface area contributed by atoms with Crippen LogP contribution in [0.4, 0.5) is 0 Å². The maximum absolute atomic E-state index is 2.38. The minimum atomic E-state index is -0.239. The maximum atomic E-state index is 2.38. The zero-order chi connectivity index (χ0) is 19.2. The van der Waals surface area contributed by atoms with Gasteiger partial charge in [-0.1, -0.05) is 0 Å². The standard InChI is InChI=1S/C26H38Te/c1-3-5-7-9-11-13-23-15-19-25(20-16-23)27-26-21-17-24(18-22-26)14-12-10-8-6-4-2/h15-22H,3-14H2,1-2H3. The fourth-order valence-electron chi connectivity index (χ4n) is 3.45. The fraction of sp³-hybridized carbons (Fsp3) is 0.538. The summed E-state index contributed by atoms with van der Waals surface area (Å²) in [7, 11) is 0. The Morgan fingerprint density at radius 3 is 1.22 bits per heavy atom. The number of unbranched alkanes of at least 4 members (excludes halogenated alkanes) is 8. The predicted molar refractivity (Wildman–Crippen MR) is 123 cm³/mol. The average Bonchev–Trinajstić information content (AvgIpc) is 2.70. The first-order valence-electron chi connectivity index (χ1n) is 11.2. The van der Waals surface area contributed by atoms with Crippen LogP contribution in [-0.2, 0) is 12.8 Å². The number of benzene rings is 2. The first-order chi connectivity index (χ1) is 13.3. The third-order valence-electron chi connectivity index (χ3n) is 5.22. The molecule has 2 aromatic rings. The van der Waals surface area contributed by atoms with Crippen LogP contribution in [0.2, 0.25) is 0 Å². The van der Waals surface area contributed by atoms with E-state index in [0.29, 0.717) is 0 Å². The van der Waals surface area contributed by atoms with Gasteiger partial charge in [-0.05, 0) is 0 Å². The van der Waals surface area contributed by atoms with E-state index >= 15 is 0 Å². The normalized spacial score (nSPS) is 11.0. The van der Waals surface area contributed by atoms with Gasteiger partial charge in [0.25, 0.3) is 0 Å². The number of aryl methyl sites for hydroxylation is 2. The molecule has 0 nitrogen and oxygen atoms in total. The Morgan fingerprint density at radius 1 is 0.481 bits per heavy atom. The van der Waals surface area contributed by atoms with Gasteiger partial charge in [-0.3, -0.25) is 0 Å². The molecular formula is C26H38Te. The molecule has 2 aromatic carbocycles. The SMILES string of the molecule is CCCCCCCc1ccc([Te]c2ccc(CCCCCCC)cc2)cc1. The van der Waals surface area contributed by atoms with Crippen molar-refractivity contribution in [3.05, 3.63) is 59.7 Å². The summed E-state index contributed by atoms with van der Waals surface area (Å²) in [6, 6.07) is 19.0. The molecule has 0 fully saturated rings. The van der Waals surface area contributed by atoms with Crippen LogP contribution in [0.3, 0.4) is 0 Å². The Labute approximate surface area is 178 Å². The van der Waals surface area contributed by atoms with Crippen LogP contribution < -0.4 is 7.22 Å². The van der Waals surface area contributed by atoms with E-state index < -0.39 is 0 Å². The Bertz CT molecular complexity index is 542. The van der Waals surface area contributed by atoms with Gasteiger partial charge in [0.15, 0.2) is 0 Å². The van der Waals surface area contributed by atoms with Crippen molar-refractivity contribution in [2.75, 3.05) is 0 Å². The van der Waals surface area contributed by atoms with Crippen molar-refractivity contribution in [1.82, 2.24) is 0 Å². The summed E-state index contributed by atoms with van der Waals surface area (Å²) in [5.74, 6) is 0. The molecule has 0 aromatic heterocycles. The molecule has 0 atom stereocenters. The molecule has 1 heteroatoms. The van der Waals surface area contributed by atoms with Crippen molar-refractivity contribution >= 4 is 28.1 Å². The van der Waals surface area contributed by atoms with E-state index in [0.717, 1.165) is 0 Å². The van der Waals surface area contributed by atoms with Gasteiger partial charge < -0.3 is 0 Å². The molecule has 0 radical (unpaired) electrons. The van der Waals surface area contributed by atoms with Gasteiger partial charge in [0.1, 0.15) is 0 Å². The van der Waals surface area contributed by atoms with Gasteiger partial charge in [-0.2, -0.15) is 0 Å². The summed E-state index contributed by atoms with van der Waals surface area (Å²) in [5, 5.41) is 0. The van der Waals surface area contributed by atoms with E-state index in [1.807, 2.05) is 0 Å². The van der Waals surface area contributed by atoms with Crippen molar-refractivity contribution in [2.24, 2.45) is 0 Å².